The molecule has 94 valence electrons. The van der Waals surface area contributed by atoms with Crippen molar-refractivity contribution in [1.29, 1.82) is 0 Å². The van der Waals surface area contributed by atoms with Gasteiger partial charge in [-0.05, 0) is 18.2 Å². The number of carboxylic acid groups (broad SMARTS) is 1. The summed E-state index contributed by atoms with van der Waals surface area (Å²) in [5.74, 6) is -1.93. The summed E-state index contributed by atoms with van der Waals surface area (Å²) in [5, 5.41) is 16.2. The standard InChI is InChI=1S/C11H10FN3O3/c1-15-5-8(13-14-15)6-18-10-3-2-7(11(16)17)4-9(10)12/h2-5H,6H2,1H3,(H,16,17). The molecule has 0 aliphatic heterocycles. The molecular formula is C11H10FN3O3. The van der Waals surface area contributed by atoms with Crippen molar-refractivity contribution in [2.45, 2.75) is 6.61 Å². The van der Waals surface area contributed by atoms with Crippen molar-refractivity contribution >= 4 is 5.97 Å². The van der Waals surface area contributed by atoms with E-state index in [1.54, 1.807) is 13.2 Å². The van der Waals surface area contributed by atoms with E-state index < -0.39 is 11.8 Å². The Morgan fingerprint density at radius 3 is 2.89 bits per heavy atom. The van der Waals surface area contributed by atoms with Crippen LogP contribution < -0.4 is 4.74 Å². The van der Waals surface area contributed by atoms with Crippen LogP contribution in [-0.4, -0.2) is 26.1 Å². The van der Waals surface area contributed by atoms with Crippen molar-refractivity contribution < 1.29 is 19.0 Å². The van der Waals surface area contributed by atoms with Crippen LogP contribution in [-0.2, 0) is 13.7 Å². The van der Waals surface area contributed by atoms with E-state index in [0.29, 0.717) is 5.69 Å². The molecule has 0 amide bonds. The molecule has 2 aromatic rings. The van der Waals surface area contributed by atoms with Gasteiger partial charge < -0.3 is 9.84 Å². The Balaban J connectivity index is 2.08. The molecule has 0 radical (unpaired) electrons. The van der Waals surface area contributed by atoms with Gasteiger partial charge in [0.2, 0.25) is 0 Å². The highest BCUT2D eigenvalue weighted by Gasteiger charge is 2.09. The summed E-state index contributed by atoms with van der Waals surface area (Å²) >= 11 is 0. The van der Waals surface area contributed by atoms with E-state index in [-0.39, 0.29) is 17.9 Å². The van der Waals surface area contributed by atoms with Gasteiger partial charge in [-0.1, -0.05) is 5.21 Å². The van der Waals surface area contributed by atoms with Crippen molar-refractivity contribution in [2.24, 2.45) is 7.05 Å². The molecule has 6 nitrogen and oxygen atoms in total. The second-order valence-corrected chi connectivity index (χ2v) is 3.62. The van der Waals surface area contributed by atoms with Crippen LogP contribution in [0.5, 0.6) is 5.75 Å². The zero-order valence-electron chi connectivity index (χ0n) is 9.50. The maximum Gasteiger partial charge on any atom is 0.335 e. The lowest BCUT2D eigenvalue weighted by Crippen LogP contribution is -2.01. The summed E-state index contributed by atoms with van der Waals surface area (Å²) in [6, 6.07) is 3.46. The van der Waals surface area contributed by atoms with Crippen molar-refractivity contribution in [3.63, 3.8) is 0 Å². The molecule has 1 aromatic carbocycles. The number of hydrogen-bond acceptors (Lipinski definition) is 4. The van der Waals surface area contributed by atoms with Gasteiger partial charge in [0, 0.05) is 7.05 Å². The van der Waals surface area contributed by atoms with Gasteiger partial charge in [0.1, 0.15) is 12.3 Å². The van der Waals surface area contributed by atoms with Gasteiger partial charge in [-0.25, -0.2) is 9.18 Å². The number of carbonyl (C=O) groups is 1. The Morgan fingerprint density at radius 2 is 2.33 bits per heavy atom. The quantitative estimate of drug-likeness (QED) is 0.884. The molecule has 0 spiro atoms. The third-order valence-corrected chi connectivity index (χ3v) is 2.20. The Hall–Kier alpha value is -2.44. The molecule has 0 aliphatic carbocycles. The Morgan fingerprint density at radius 1 is 1.56 bits per heavy atom. The summed E-state index contributed by atoms with van der Waals surface area (Å²) in [6.45, 7) is 0.0666. The topological polar surface area (TPSA) is 77.2 Å². The molecule has 7 heteroatoms. The van der Waals surface area contributed by atoms with E-state index in [4.69, 9.17) is 9.84 Å². The summed E-state index contributed by atoms with van der Waals surface area (Å²) < 4.78 is 20.2. The highest BCUT2D eigenvalue weighted by atomic mass is 19.1. The molecule has 0 fully saturated rings. The van der Waals surface area contributed by atoms with Gasteiger partial charge in [0.25, 0.3) is 0 Å². The van der Waals surface area contributed by atoms with E-state index in [0.717, 1.165) is 6.07 Å². The molecule has 1 aromatic heterocycles. The Bertz CT molecular complexity index is 583. The zero-order chi connectivity index (χ0) is 13.1. The molecule has 0 saturated heterocycles. The minimum atomic E-state index is -1.19. The molecule has 2 rings (SSSR count). The number of halogens is 1. The first-order chi connectivity index (χ1) is 8.56. The van der Waals surface area contributed by atoms with Gasteiger partial charge >= 0.3 is 5.97 Å². The predicted octanol–water partition coefficient (Wildman–Crippen LogP) is 1.23. The SMILES string of the molecule is Cn1cc(COc2ccc(C(=O)O)cc2F)nn1. The number of aryl methyl sites for hydroxylation is 1. The lowest BCUT2D eigenvalue weighted by Gasteiger charge is -2.05. The van der Waals surface area contributed by atoms with E-state index in [9.17, 15) is 9.18 Å². The van der Waals surface area contributed by atoms with Crippen molar-refractivity contribution in [3.8, 4) is 5.75 Å². The molecule has 1 heterocycles. The van der Waals surface area contributed by atoms with Crippen molar-refractivity contribution in [3.05, 3.63) is 41.5 Å². The van der Waals surface area contributed by atoms with Gasteiger partial charge in [0.15, 0.2) is 11.6 Å². The zero-order valence-corrected chi connectivity index (χ0v) is 9.50. The first kappa shape index (κ1) is 12.0. The minimum absolute atomic E-state index is 0.0225. The molecule has 0 bridgehead atoms. The number of carboxylic acids is 1. The number of nitrogens with zero attached hydrogens (tertiary/aromatic N) is 3. The van der Waals surface area contributed by atoms with Crippen LogP contribution in [0.4, 0.5) is 4.39 Å². The molecule has 0 unspecified atom stereocenters. The van der Waals surface area contributed by atoms with E-state index >= 15 is 0 Å². The van der Waals surface area contributed by atoms with Crippen LogP contribution >= 0.6 is 0 Å². The molecule has 18 heavy (non-hydrogen) atoms. The normalized spacial score (nSPS) is 10.3. The molecule has 0 atom stereocenters. The average Bonchev–Trinajstić information content (AvgIpc) is 2.73. The Labute approximate surface area is 102 Å². The fraction of sp³-hybridized carbons (Fsp3) is 0.182. The number of benzene rings is 1. The van der Waals surface area contributed by atoms with Gasteiger partial charge in [-0.3, -0.25) is 4.68 Å². The fourth-order valence-electron chi connectivity index (χ4n) is 1.36. The number of hydrogen-bond donors (Lipinski definition) is 1. The second kappa shape index (κ2) is 4.82. The number of rotatable bonds is 4. The maximum absolute atomic E-state index is 13.5. The molecule has 0 aliphatic rings. The minimum Gasteiger partial charge on any atom is -0.484 e. The van der Waals surface area contributed by atoms with Crippen LogP contribution in [0.1, 0.15) is 16.1 Å². The number of ether oxygens (including phenoxy) is 1. The van der Waals surface area contributed by atoms with Crippen molar-refractivity contribution in [2.75, 3.05) is 0 Å². The van der Waals surface area contributed by atoms with Crippen LogP contribution in [0.25, 0.3) is 0 Å². The first-order valence-corrected chi connectivity index (χ1v) is 5.07. The van der Waals surface area contributed by atoms with Crippen molar-refractivity contribution in [1.82, 2.24) is 15.0 Å². The molecule has 1 N–H and O–H groups in total. The van der Waals surface area contributed by atoms with Gasteiger partial charge in [0.05, 0.1) is 11.8 Å². The third kappa shape index (κ3) is 2.62. The van der Waals surface area contributed by atoms with Gasteiger partial charge in [-0.2, -0.15) is 0 Å². The lowest BCUT2D eigenvalue weighted by atomic mass is 10.2. The third-order valence-electron chi connectivity index (χ3n) is 2.20. The monoisotopic (exact) mass is 251 g/mol. The summed E-state index contributed by atoms with van der Waals surface area (Å²) in [4.78, 5) is 10.6. The van der Waals surface area contributed by atoms with E-state index in [1.807, 2.05) is 0 Å². The molecular weight excluding hydrogens is 241 g/mol. The highest BCUT2D eigenvalue weighted by molar-refractivity contribution is 5.87. The number of aromatic carboxylic acids is 1. The highest BCUT2D eigenvalue weighted by Crippen LogP contribution is 2.19. The van der Waals surface area contributed by atoms with E-state index in [1.165, 1.54) is 16.8 Å². The maximum atomic E-state index is 13.5. The second-order valence-electron chi connectivity index (χ2n) is 3.62. The van der Waals surface area contributed by atoms with Crippen LogP contribution in [0.3, 0.4) is 0 Å². The largest absolute Gasteiger partial charge is 0.484 e. The average molecular weight is 251 g/mol. The van der Waals surface area contributed by atoms with Crippen LogP contribution in [0.2, 0.25) is 0 Å². The first-order valence-electron chi connectivity index (χ1n) is 5.07. The van der Waals surface area contributed by atoms with Gasteiger partial charge in [-0.15, -0.1) is 5.10 Å². The molecule has 0 saturated carbocycles. The summed E-state index contributed by atoms with van der Waals surface area (Å²) in [7, 11) is 1.71. The fourth-order valence-corrected chi connectivity index (χ4v) is 1.36. The van der Waals surface area contributed by atoms with Crippen LogP contribution in [0, 0.1) is 5.82 Å². The number of aromatic nitrogens is 3. The van der Waals surface area contributed by atoms with Crippen LogP contribution in [0.15, 0.2) is 24.4 Å². The summed E-state index contributed by atoms with van der Waals surface area (Å²) in [6.07, 6.45) is 1.64. The lowest BCUT2D eigenvalue weighted by molar-refractivity contribution is 0.0696. The smallest absolute Gasteiger partial charge is 0.335 e. The van der Waals surface area contributed by atoms with E-state index in [2.05, 4.69) is 10.3 Å². The Kier molecular flexibility index (Phi) is 3.22. The summed E-state index contributed by atoms with van der Waals surface area (Å²) in [5.41, 5.74) is 0.429. The predicted molar refractivity (Wildman–Crippen MR) is 58.7 cm³/mol.